The number of hydrogen-bond acceptors (Lipinski definition) is 5. The van der Waals surface area contributed by atoms with Crippen molar-refractivity contribution in [2.45, 2.75) is 40.3 Å². The molecule has 0 aliphatic carbocycles. The Morgan fingerprint density at radius 3 is 2.56 bits per heavy atom. The molecule has 2 aliphatic heterocycles. The number of nitrogens with one attached hydrogen (secondary N) is 1. The molecule has 1 atom stereocenters. The molecule has 2 aliphatic rings. The Labute approximate surface area is 253 Å². The van der Waals surface area contributed by atoms with E-state index >= 15 is 0 Å². The molecule has 0 spiro atoms. The van der Waals surface area contributed by atoms with Gasteiger partial charge < -0.3 is 14.6 Å². The number of alkyl halides is 3. The first-order chi connectivity index (χ1) is 20.3. The van der Waals surface area contributed by atoms with Gasteiger partial charge in [-0.1, -0.05) is 17.7 Å². The summed E-state index contributed by atoms with van der Waals surface area (Å²) in [5.74, 6) is -1.04. The standard InChI is InChI=1S/C31H33ClF3N5O3/c1-18-6-7-24(13-25(18)32)40(30(42)37-26-12-20(3)43-28(26)31(33,34)35)11-5-10-38-14-22-16-39(17-23(22)15-38)29(41)27-19(2)8-9-36-21(27)4/h6-9,12-13,16,23H,5,10-11,14-15,17H2,1-4H3,(H,37,42). The van der Waals surface area contributed by atoms with Crippen molar-refractivity contribution in [3.8, 4) is 0 Å². The van der Waals surface area contributed by atoms with E-state index in [9.17, 15) is 22.8 Å². The summed E-state index contributed by atoms with van der Waals surface area (Å²) in [5.41, 5.74) is 4.28. The van der Waals surface area contributed by atoms with Crippen molar-refractivity contribution in [2.75, 3.05) is 42.9 Å². The van der Waals surface area contributed by atoms with Crippen molar-refractivity contribution in [1.29, 1.82) is 0 Å². The number of rotatable bonds is 7. The summed E-state index contributed by atoms with van der Waals surface area (Å²) >= 11 is 6.33. The molecule has 4 heterocycles. The van der Waals surface area contributed by atoms with Gasteiger partial charge in [0, 0.05) is 67.8 Å². The molecule has 8 nitrogen and oxygen atoms in total. The lowest BCUT2D eigenvalue weighted by molar-refractivity contribution is -0.152. The lowest BCUT2D eigenvalue weighted by atomic mass is 10.1. The van der Waals surface area contributed by atoms with Crippen molar-refractivity contribution >= 4 is 34.9 Å². The summed E-state index contributed by atoms with van der Waals surface area (Å²) in [6.07, 6.45) is -0.551. The van der Waals surface area contributed by atoms with Crippen LogP contribution in [-0.2, 0) is 6.18 Å². The zero-order valence-corrected chi connectivity index (χ0v) is 25.1. The summed E-state index contributed by atoms with van der Waals surface area (Å²) in [6.45, 7) is 9.93. The Balaban J connectivity index is 1.24. The third-order valence-corrected chi connectivity index (χ3v) is 8.30. The van der Waals surface area contributed by atoms with Gasteiger partial charge in [0.15, 0.2) is 0 Å². The maximum atomic E-state index is 13.5. The highest BCUT2D eigenvalue weighted by Crippen LogP contribution is 2.37. The van der Waals surface area contributed by atoms with Crippen molar-refractivity contribution in [1.82, 2.24) is 14.8 Å². The number of benzene rings is 1. The number of aryl methyl sites for hydroxylation is 4. The summed E-state index contributed by atoms with van der Waals surface area (Å²) in [5, 5.41) is 2.83. The zero-order chi connectivity index (χ0) is 31.1. The first-order valence-electron chi connectivity index (χ1n) is 14.0. The van der Waals surface area contributed by atoms with Crippen LogP contribution in [-0.4, -0.2) is 59.4 Å². The van der Waals surface area contributed by atoms with Gasteiger partial charge in [0.25, 0.3) is 5.91 Å². The molecule has 1 saturated heterocycles. The molecule has 0 radical (unpaired) electrons. The molecule has 43 heavy (non-hydrogen) atoms. The number of anilines is 2. The molecular weight excluding hydrogens is 583 g/mol. The number of carbonyl (C=O) groups is 2. The normalized spacial score (nSPS) is 16.8. The molecule has 0 saturated carbocycles. The predicted octanol–water partition coefficient (Wildman–Crippen LogP) is 6.98. The molecule has 0 bridgehead atoms. The zero-order valence-electron chi connectivity index (χ0n) is 24.4. The van der Waals surface area contributed by atoms with Crippen molar-refractivity contribution < 1.29 is 27.2 Å². The molecule has 1 unspecified atom stereocenters. The first-order valence-corrected chi connectivity index (χ1v) is 14.4. The van der Waals surface area contributed by atoms with Gasteiger partial charge in [0.05, 0.1) is 16.9 Å². The second-order valence-corrected chi connectivity index (χ2v) is 11.6. The van der Waals surface area contributed by atoms with Crippen LogP contribution in [0.15, 0.2) is 52.7 Å². The number of carbonyl (C=O) groups excluding carboxylic acids is 2. The number of hydrogen-bond donors (Lipinski definition) is 1. The number of pyridine rings is 1. The minimum Gasteiger partial charge on any atom is -0.455 e. The summed E-state index contributed by atoms with van der Waals surface area (Å²) < 4.78 is 45.3. The maximum absolute atomic E-state index is 13.5. The minimum absolute atomic E-state index is 0.0346. The van der Waals surface area contributed by atoms with Gasteiger partial charge in [0.1, 0.15) is 5.76 Å². The lowest BCUT2D eigenvalue weighted by Crippen LogP contribution is -2.38. The van der Waals surface area contributed by atoms with Gasteiger partial charge in [-0.3, -0.25) is 19.6 Å². The van der Waals surface area contributed by atoms with Gasteiger partial charge >= 0.3 is 12.2 Å². The fourth-order valence-electron chi connectivity index (χ4n) is 5.72. The van der Waals surface area contributed by atoms with E-state index in [0.717, 1.165) is 23.7 Å². The van der Waals surface area contributed by atoms with Crippen LogP contribution in [0.1, 0.15) is 45.1 Å². The predicted molar refractivity (Wildman–Crippen MR) is 158 cm³/mol. The van der Waals surface area contributed by atoms with Gasteiger partial charge in [-0.15, -0.1) is 0 Å². The number of furan rings is 1. The number of urea groups is 1. The first kappa shape index (κ1) is 30.6. The Hall–Kier alpha value is -3.83. The molecule has 1 fully saturated rings. The van der Waals surface area contributed by atoms with Gasteiger partial charge in [-0.05, 0) is 69.0 Å². The molecule has 3 amide bonds. The lowest BCUT2D eigenvalue weighted by Gasteiger charge is -2.25. The molecule has 5 rings (SSSR count). The van der Waals surface area contributed by atoms with E-state index < -0.39 is 23.7 Å². The molecule has 3 aromatic rings. The van der Waals surface area contributed by atoms with E-state index in [4.69, 9.17) is 16.0 Å². The summed E-state index contributed by atoms with van der Waals surface area (Å²) in [7, 11) is 0. The second kappa shape index (κ2) is 12.0. The highest BCUT2D eigenvalue weighted by molar-refractivity contribution is 6.31. The quantitative estimate of drug-likeness (QED) is 0.310. The van der Waals surface area contributed by atoms with Crippen LogP contribution in [0.25, 0.3) is 0 Å². The van der Waals surface area contributed by atoms with Gasteiger partial charge in [0.2, 0.25) is 5.76 Å². The van der Waals surface area contributed by atoms with Crippen molar-refractivity contribution in [3.05, 3.63) is 87.2 Å². The smallest absolute Gasteiger partial charge is 0.451 e. The average molecular weight is 616 g/mol. The second-order valence-electron chi connectivity index (χ2n) is 11.1. The SMILES string of the molecule is Cc1cc(NC(=O)N(CCCN2CC3=CN(C(=O)c4c(C)ccnc4C)CC3C2)c2ccc(C)c(Cl)c2)c(C(F)(F)F)o1. The largest absolute Gasteiger partial charge is 0.455 e. The van der Waals surface area contributed by atoms with Crippen LogP contribution >= 0.6 is 11.6 Å². The molecular formula is C31H33ClF3N5O3. The van der Waals surface area contributed by atoms with Crippen LogP contribution in [0.4, 0.5) is 29.3 Å². The fourth-order valence-corrected chi connectivity index (χ4v) is 5.89. The number of likely N-dealkylation sites (tertiary alicyclic amines) is 1. The van der Waals surface area contributed by atoms with E-state index in [1.807, 2.05) is 33.0 Å². The van der Waals surface area contributed by atoms with E-state index in [-0.39, 0.29) is 24.1 Å². The highest BCUT2D eigenvalue weighted by atomic mass is 35.5. The Morgan fingerprint density at radius 2 is 1.88 bits per heavy atom. The van der Waals surface area contributed by atoms with Gasteiger partial charge in [-0.25, -0.2) is 4.79 Å². The molecule has 2 aromatic heterocycles. The Bertz CT molecular complexity index is 1560. The van der Waals surface area contributed by atoms with Crippen LogP contribution < -0.4 is 10.2 Å². The number of nitrogens with zero attached hydrogens (tertiary/aromatic N) is 4. The monoisotopic (exact) mass is 615 g/mol. The van der Waals surface area contributed by atoms with Crippen LogP contribution in [0.3, 0.4) is 0 Å². The molecule has 228 valence electrons. The summed E-state index contributed by atoms with van der Waals surface area (Å²) in [4.78, 5) is 36.3. The van der Waals surface area contributed by atoms with E-state index in [2.05, 4.69) is 15.2 Å². The third kappa shape index (κ3) is 6.57. The summed E-state index contributed by atoms with van der Waals surface area (Å²) in [6, 6.07) is 7.38. The minimum atomic E-state index is -4.76. The van der Waals surface area contributed by atoms with Crippen LogP contribution in [0.5, 0.6) is 0 Å². The van der Waals surface area contributed by atoms with Crippen LogP contribution in [0, 0.1) is 33.6 Å². The van der Waals surface area contributed by atoms with Crippen LogP contribution in [0.2, 0.25) is 5.02 Å². The maximum Gasteiger partial charge on any atom is 0.451 e. The molecule has 1 N–H and O–H groups in total. The Morgan fingerprint density at radius 1 is 1.12 bits per heavy atom. The van der Waals surface area contributed by atoms with E-state index in [1.54, 1.807) is 29.3 Å². The average Bonchev–Trinajstić information content (AvgIpc) is 3.61. The number of aromatic nitrogens is 1. The van der Waals surface area contributed by atoms with Crippen molar-refractivity contribution in [3.63, 3.8) is 0 Å². The van der Waals surface area contributed by atoms with E-state index in [1.165, 1.54) is 17.4 Å². The van der Waals surface area contributed by atoms with E-state index in [0.29, 0.717) is 48.0 Å². The number of fused-ring (bicyclic) bond motifs is 1. The molecule has 1 aromatic carbocycles. The highest BCUT2D eigenvalue weighted by Gasteiger charge is 2.39. The Kier molecular flexibility index (Phi) is 8.58. The number of amides is 3. The van der Waals surface area contributed by atoms with Gasteiger partial charge in [-0.2, -0.15) is 13.2 Å². The molecule has 12 heteroatoms. The third-order valence-electron chi connectivity index (χ3n) is 7.89. The number of halogens is 4. The fraction of sp³-hybridized carbons (Fsp3) is 0.387. The van der Waals surface area contributed by atoms with Crippen molar-refractivity contribution in [2.24, 2.45) is 5.92 Å². The topological polar surface area (TPSA) is 81.9 Å².